The first-order chi connectivity index (χ1) is 16.4. The van der Waals surface area contributed by atoms with Gasteiger partial charge in [0, 0.05) is 34.6 Å². The summed E-state index contributed by atoms with van der Waals surface area (Å²) in [6, 6.07) is 12.8. The third-order valence-corrected chi connectivity index (χ3v) is 5.86. The molecule has 0 spiro atoms. The lowest BCUT2D eigenvalue weighted by Crippen LogP contribution is -2.36. The summed E-state index contributed by atoms with van der Waals surface area (Å²) in [6.45, 7) is 0.479. The highest BCUT2D eigenvalue weighted by atomic mass is 35.5. The van der Waals surface area contributed by atoms with Gasteiger partial charge in [0.2, 0.25) is 0 Å². The van der Waals surface area contributed by atoms with Crippen molar-refractivity contribution in [2.45, 2.75) is 18.9 Å². The number of allylic oxidation sites excluding steroid dienone is 3. The zero-order chi connectivity index (χ0) is 24.1. The van der Waals surface area contributed by atoms with Gasteiger partial charge in [0.05, 0.1) is 18.7 Å². The van der Waals surface area contributed by atoms with E-state index in [1.807, 2.05) is 36.4 Å². The van der Waals surface area contributed by atoms with Crippen LogP contribution in [0.25, 0.3) is 0 Å². The van der Waals surface area contributed by atoms with Crippen molar-refractivity contribution >= 4 is 58.0 Å². The topological polar surface area (TPSA) is 110 Å². The molecule has 2 aromatic rings. The minimum absolute atomic E-state index is 0.168. The van der Waals surface area contributed by atoms with Gasteiger partial charge < -0.3 is 15.8 Å². The van der Waals surface area contributed by atoms with Crippen molar-refractivity contribution in [2.75, 3.05) is 18.0 Å². The third kappa shape index (κ3) is 5.86. The summed E-state index contributed by atoms with van der Waals surface area (Å²) in [4.78, 5) is 35.3. The molecule has 3 N–H and O–H groups in total. The van der Waals surface area contributed by atoms with E-state index in [1.165, 1.54) is 4.90 Å². The van der Waals surface area contributed by atoms with Gasteiger partial charge >= 0.3 is 6.09 Å². The average Bonchev–Trinajstić information content (AvgIpc) is 3.20. The molecule has 4 rings (SSSR count). The van der Waals surface area contributed by atoms with Crippen LogP contribution in [-0.2, 0) is 16.0 Å². The van der Waals surface area contributed by atoms with Crippen LogP contribution in [0.3, 0.4) is 0 Å². The molecular weight excluding hydrogens is 474 g/mol. The molecule has 2 aliphatic rings. The number of amidine groups is 1. The number of carbonyl (C=O) groups excluding carboxylic acids is 2. The van der Waals surface area contributed by atoms with Crippen molar-refractivity contribution in [1.29, 1.82) is 0 Å². The molecule has 10 heteroatoms. The minimum atomic E-state index is -0.485. The first kappa shape index (κ1) is 23.6. The van der Waals surface area contributed by atoms with Gasteiger partial charge in [0.25, 0.3) is 5.91 Å². The summed E-state index contributed by atoms with van der Waals surface area (Å²) >= 11 is 11.2. The standard InChI is InChI=1S/C24H22ClN5O3S/c25-16-6-9-20(34)19(12-16)23(31)28-13-18-14-30(24(32)33-18)17-7-4-15(5-8-17)11-21(26)29-22-3-1-2-10-27-22/h1-8,10,12,18H,9,11,13-14H2,(H,28,31)(H2,26,27,29). The summed E-state index contributed by atoms with van der Waals surface area (Å²) in [6.07, 6.45) is 4.91. The minimum Gasteiger partial charge on any atom is -0.442 e. The number of carbonyl (C=O) groups is 2. The van der Waals surface area contributed by atoms with Crippen LogP contribution in [0.1, 0.15) is 12.0 Å². The lowest BCUT2D eigenvalue weighted by molar-refractivity contribution is -0.117. The number of hydrogen-bond donors (Lipinski definition) is 2. The predicted molar refractivity (Wildman–Crippen MR) is 136 cm³/mol. The number of nitrogens with one attached hydrogen (secondary N) is 1. The van der Waals surface area contributed by atoms with Gasteiger partial charge in [-0.2, -0.15) is 0 Å². The van der Waals surface area contributed by atoms with Crippen LogP contribution >= 0.6 is 23.8 Å². The molecule has 0 saturated carbocycles. The van der Waals surface area contributed by atoms with Crippen LogP contribution in [0.5, 0.6) is 0 Å². The second kappa shape index (κ2) is 10.6. The number of nitrogens with two attached hydrogens (primary N) is 1. The highest BCUT2D eigenvalue weighted by Crippen LogP contribution is 2.23. The van der Waals surface area contributed by atoms with E-state index < -0.39 is 12.2 Å². The highest BCUT2D eigenvalue weighted by molar-refractivity contribution is 7.81. The van der Waals surface area contributed by atoms with Crippen LogP contribution < -0.4 is 16.0 Å². The van der Waals surface area contributed by atoms with Gasteiger partial charge in [-0.3, -0.25) is 9.69 Å². The van der Waals surface area contributed by atoms with Gasteiger partial charge in [-0.05, 0) is 35.9 Å². The number of rotatable bonds is 7. The molecule has 1 aliphatic heterocycles. The largest absolute Gasteiger partial charge is 0.442 e. The SMILES string of the molecule is NC(Cc1ccc(N2CC(CNC(=O)C3=CC(Cl)=CCC3=S)OC2=O)cc1)=Nc1ccccn1. The smallest absolute Gasteiger partial charge is 0.414 e. The molecule has 1 aromatic carbocycles. The summed E-state index contributed by atoms with van der Waals surface area (Å²) in [5.74, 6) is 0.656. The molecule has 0 radical (unpaired) electrons. The highest BCUT2D eigenvalue weighted by Gasteiger charge is 2.33. The van der Waals surface area contributed by atoms with Gasteiger partial charge in [-0.25, -0.2) is 14.8 Å². The lowest BCUT2D eigenvalue weighted by atomic mass is 10.0. The predicted octanol–water partition coefficient (Wildman–Crippen LogP) is 3.58. The number of nitrogens with zero attached hydrogens (tertiary/aromatic N) is 3. The van der Waals surface area contributed by atoms with Crippen molar-refractivity contribution in [3.8, 4) is 0 Å². The van der Waals surface area contributed by atoms with E-state index in [1.54, 1.807) is 24.4 Å². The van der Waals surface area contributed by atoms with Crippen LogP contribution in [-0.4, -0.2) is 46.9 Å². The van der Waals surface area contributed by atoms with Gasteiger partial charge in [-0.1, -0.05) is 48.1 Å². The van der Waals surface area contributed by atoms with E-state index in [0.717, 1.165) is 5.56 Å². The number of halogens is 1. The number of cyclic esters (lactones) is 1. The maximum absolute atomic E-state index is 12.5. The number of aromatic nitrogens is 1. The van der Waals surface area contributed by atoms with Crippen molar-refractivity contribution in [3.63, 3.8) is 0 Å². The quantitative estimate of drug-likeness (QED) is 0.345. The molecule has 2 heterocycles. The second-order valence-corrected chi connectivity index (χ2v) is 8.66. The molecule has 174 valence electrons. The third-order valence-electron chi connectivity index (χ3n) is 5.21. The second-order valence-electron chi connectivity index (χ2n) is 7.74. The Bertz CT molecular complexity index is 1190. The fraction of sp³-hybridized carbons (Fsp3) is 0.208. The van der Waals surface area contributed by atoms with E-state index in [9.17, 15) is 9.59 Å². The van der Waals surface area contributed by atoms with Crippen LogP contribution in [0.15, 0.2) is 76.4 Å². The fourth-order valence-electron chi connectivity index (χ4n) is 3.52. The van der Waals surface area contributed by atoms with Crippen molar-refractivity contribution < 1.29 is 14.3 Å². The molecule has 34 heavy (non-hydrogen) atoms. The number of aliphatic imine (C=N–C) groups is 1. The molecule has 0 bridgehead atoms. The first-order valence-corrected chi connectivity index (χ1v) is 11.4. The van der Waals surface area contributed by atoms with Gasteiger partial charge in [0.1, 0.15) is 11.9 Å². The van der Waals surface area contributed by atoms with E-state index in [-0.39, 0.29) is 12.5 Å². The number of pyridine rings is 1. The van der Waals surface area contributed by atoms with Crippen molar-refractivity contribution in [1.82, 2.24) is 10.3 Å². The number of ether oxygens (including phenoxy) is 1. The average molecular weight is 496 g/mol. The number of hydrogen-bond acceptors (Lipinski definition) is 6. The van der Waals surface area contributed by atoms with Crippen LogP contribution in [0.2, 0.25) is 0 Å². The Morgan fingerprint density at radius 3 is 2.82 bits per heavy atom. The Balaban J connectivity index is 1.32. The van der Waals surface area contributed by atoms with Crippen molar-refractivity contribution in [2.24, 2.45) is 10.7 Å². The maximum Gasteiger partial charge on any atom is 0.414 e. The summed E-state index contributed by atoms with van der Waals surface area (Å²) in [7, 11) is 0. The van der Waals surface area contributed by atoms with Gasteiger partial charge in [-0.15, -0.1) is 0 Å². The van der Waals surface area contributed by atoms with Gasteiger partial charge in [0.15, 0.2) is 5.82 Å². The molecule has 1 unspecified atom stereocenters. The Labute approximate surface area is 207 Å². The van der Waals surface area contributed by atoms with E-state index in [0.29, 0.717) is 52.2 Å². The van der Waals surface area contributed by atoms with E-state index in [4.69, 9.17) is 34.3 Å². The van der Waals surface area contributed by atoms with E-state index >= 15 is 0 Å². The lowest BCUT2D eigenvalue weighted by Gasteiger charge is -2.15. The molecule has 1 fully saturated rings. The Kier molecular flexibility index (Phi) is 7.34. The van der Waals surface area contributed by atoms with Crippen molar-refractivity contribution in [3.05, 3.63) is 77.0 Å². The van der Waals surface area contributed by atoms with Crippen LogP contribution in [0, 0.1) is 0 Å². The Morgan fingerprint density at radius 1 is 1.29 bits per heavy atom. The Morgan fingerprint density at radius 2 is 2.09 bits per heavy atom. The summed E-state index contributed by atoms with van der Waals surface area (Å²) in [5, 5.41) is 3.25. The number of anilines is 1. The zero-order valence-corrected chi connectivity index (χ0v) is 19.7. The summed E-state index contributed by atoms with van der Waals surface area (Å²) in [5.41, 5.74) is 8.04. The molecule has 1 aromatic heterocycles. The molecule has 1 atom stereocenters. The normalized spacial score (nSPS) is 18.3. The monoisotopic (exact) mass is 495 g/mol. The number of thiocarbonyl (C=S) groups is 1. The van der Waals surface area contributed by atoms with Crippen LogP contribution in [0.4, 0.5) is 16.3 Å². The summed E-state index contributed by atoms with van der Waals surface area (Å²) < 4.78 is 5.41. The Hall–Kier alpha value is -3.56. The molecule has 2 amide bonds. The molecule has 8 nitrogen and oxygen atoms in total. The molecule has 1 aliphatic carbocycles. The zero-order valence-electron chi connectivity index (χ0n) is 18.1. The number of amides is 2. The molecule has 1 saturated heterocycles. The maximum atomic E-state index is 12.5. The first-order valence-electron chi connectivity index (χ1n) is 10.6. The number of benzene rings is 1. The fourth-order valence-corrected chi connectivity index (χ4v) is 3.94. The van der Waals surface area contributed by atoms with E-state index in [2.05, 4.69) is 15.3 Å². The molecular formula is C24H22ClN5O3S.